The third-order valence-electron chi connectivity index (χ3n) is 5.65. The number of aromatic nitrogens is 1. The van der Waals surface area contributed by atoms with Gasteiger partial charge >= 0.3 is 0 Å². The van der Waals surface area contributed by atoms with Crippen LogP contribution in [0, 0.1) is 0 Å². The fraction of sp³-hybridized carbons (Fsp3) is 0.583. The second-order valence-corrected chi connectivity index (χ2v) is 8.34. The van der Waals surface area contributed by atoms with Crippen molar-refractivity contribution < 1.29 is 14.3 Å². The Balaban J connectivity index is 1.43. The Morgan fingerprint density at radius 1 is 1.10 bits per heavy atom. The van der Waals surface area contributed by atoms with Crippen molar-refractivity contribution in [1.82, 2.24) is 19.7 Å². The van der Waals surface area contributed by atoms with Gasteiger partial charge in [-0.3, -0.25) is 14.6 Å². The number of piperazine rings is 1. The Kier molecular flexibility index (Phi) is 9.06. The number of hydrogen-bond acceptors (Lipinski definition) is 6. The largest absolute Gasteiger partial charge is 0.447 e. The molecule has 0 bridgehead atoms. The summed E-state index contributed by atoms with van der Waals surface area (Å²) < 4.78 is 5.60. The maximum atomic E-state index is 12.7. The van der Waals surface area contributed by atoms with Crippen LogP contribution >= 0.6 is 0 Å². The molecule has 1 saturated heterocycles. The molecular formula is C24H36N4O3. The van der Waals surface area contributed by atoms with Crippen LogP contribution in [0.5, 0.6) is 0 Å². The summed E-state index contributed by atoms with van der Waals surface area (Å²) in [5, 5.41) is 10.4. The summed E-state index contributed by atoms with van der Waals surface area (Å²) in [5.41, 5.74) is 1.57. The SMILES string of the molecule is CCCN(CCC)C(=O)c1coc(CN2CCN(CC(O)Cc3ccccc3)CC2)n1. The molecule has 1 fully saturated rings. The molecule has 3 rings (SSSR count). The van der Waals surface area contributed by atoms with Crippen molar-refractivity contribution in [3.8, 4) is 0 Å². The number of β-amino-alcohol motifs (C(OH)–C–C–N with tert-alkyl or cyclic N) is 1. The van der Waals surface area contributed by atoms with E-state index in [0.717, 1.165) is 52.1 Å². The molecule has 0 radical (unpaired) electrons. The number of benzene rings is 1. The second-order valence-electron chi connectivity index (χ2n) is 8.34. The van der Waals surface area contributed by atoms with Crippen LogP contribution in [0.1, 0.15) is 48.6 Å². The van der Waals surface area contributed by atoms with E-state index in [9.17, 15) is 9.90 Å². The van der Waals surface area contributed by atoms with E-state index in [-0.39, 0.29) is 12.0 Å². The number of nitrogens with zero attached hydrogens (tertiary/aromatic N) is 4. The fourth-order valence-corrected chi connectivity index (χ4v) is 4.07. The molecule has 1 N–H and O–H groups in total. The van der Waals surface area contributed by atoms with Crippen LogP contribution < -0.4 is 0 Å². The molecular weight excluding hydrogens is 392 g/mol. The van der Waals surface area contributed by atoms with E-state index >= 15 is 0 Å². The normalized spacial score (nSPS) is 16.4. The lowest BCUT2D eigenvalue weighted by Gasteiger charge is -2.35. The molecule has 7 nitrogen and oxygen atoms in total. The molecule has 1 atom stereocenters. The fourth-order valence-electron chi connectivity index (χ4n) is 4.07. The van der Waals surface area contributed by atoms with Gasteiger partial charge in [-0.05, 0) is 24.8 Å². The molecule has 0 aliphatic carbocycles. The Morgan fingerprint density at radius 3 is 2.39 bits per heavy atom. The summed E-state index contributed by atoms with van der Waals surface area (Å²) in [6.45, 7) is 10.5. The van der Waals surface area contributed by atoms with Crippen molar-refractivity contribution in [2.75, 3.05) is 45.8 Å². The van der Waals surface area contributed by atoms with Crippen molar-refractivity contribution in [2.24, 2.45) is 0 Å². The monoisotopic (exact) mass is 428 g/mol. The minimum atomic E-state index is -0.358. The zero-order valence-corrected chi connectivity index (χ0v) is 18.9. The maximum Gasteiger partial charge on any atom is 0.275 e. The molecule has 2 heterocycles. The van der Waals surface area contributed by atoms with E-state index in [1.165, 1.54) is 11.8 Å². The van der Waals surface area contributed by atoms with Gasteiger partial charge in [0.2, 0.25) is 5.89 Å². The topological polar surface area (TPSA) is 73.1 Å². The van der Waals surface area contributed by atoms with Gasteiger partial charge in [-0.15, -0.1) is 0 Å². The van der Waals surface area contributed by atoms with E-state index < -0.39 is 0 Å². The second kappa shape index (κ2) is 12.0. The number of amides is 1. The molecule has 1 aliphatic rings. The lowest BCUT2D eigenvalue weighted by atomic mass is 10.1. The molecule has 31 heavy (non-hydrogen) atoms. The van der Waals surface area contributed by atoms with Gasteiger partial charge < -0.3 is 14.4 Å². The first-order chi connectivity index (χ1) is 15.1. The Hall–Kier alpha value is -2.22. The van der Waals surface area contributed by atoms with E-state index in [1.807, 2.05) is 23.1 Å². The average Bonchev–Trinajstić information content (AvgIpc) is 3.23. The number of aliphatic hydroxyl groups is 1. The predicted molar refractivity (Wildman–Crippen MR) is 121 cm³/mol. The zero-order chi connectivity index (χ0) is 22.1. The van der Waals surface area contributed by atoms with Gasteiger partial charge in [0.05, 0.1) is 12.6 Å². The summed E-state index contributed by atoms with van der Waals surface area (Å²) in [6, 6.07) is 10.1. The van der Waals surface area contributed by atoms with Gasteiger partial charge in [0, 0.05) is 45.8 Å². The quantitative estimate of drug-likeness (QED) is 0.593. The van der Waals surface area contributed by atoms with E-state index in [0.29, 0.717) is 31.1 Å². The molecule has 1 aromatic carbocycles. The summed E-state index contributed by atoms with van der Waals surface area (Å²) >= 11 is 0. The summed E-state index contributed by atoms with van der Waals surface area (Å²) in [5.74, 6) is 0.546. The lowest BCUT2D eigenvalue weighted by molar-refractivity contribution is 0.0675. The van der Waals surface area contributed by atoms with Crippen molar-refractivity contribution in [3.05, 3.63) is 53.7 Å². The predicted octanol–water partition coefficient (Wildman–Crippen LogP) is 2.66. The molecule has 2 aromatic rings. The van der Waals surface area contributed by atoms with Gasteiger partial charge in [0.15, 0.2) is 5.69 Å². The van der Waals surface area contributed by atoms with E-state index in [1.54, 1.807) is 0 Å². The Bertz CT molecular complexity index is 781. The van der Waals surface area contributed by atoms with Crippen LogP contribution in [-0.4, -0.2) is 82.6 Å². The number of hydrogen-bond donors (Lipinski definition) is 1. The van der Waals surface area contributed by atoms with Gasteiger partial charge in [0.1, 0.15) is 6.26 Å². The van der Waals surface area contributed by atoms with Crippen molar-refractivity contribution in [3.63, 3.8) is 0 Å². The Labute approximate surface area is 185 Å². The van der Waals surface area contributed by atoms with Gasteiger partial charge in [-0.25, -0.2) is 4.98 Å². The van der Waals surface area contributed by atoms with Crippen LogP contribution in [0.2, 0.25) is 0 Å². The third kappa shape index (κ3) is 7.16. The van der Waals surface area contributed by atoms with Gasteiger partial charge in [0.25, 0.3) is 5.91 Å². The molecule has 1 aromatic heterocycles. The lowest BCUT2D eigenvalue weighted by Crippen LogP contribution is -2.48. The summed E-state index contributed by atoms with van der Waals surface area (Å²) in [6.07, 6.45) is 3.68. The number of rotatable bonds is 11. The highest BCUT2D eigenvalue weighted by Gasteiger charge is 2.23. The molecule has 1 amide bonds. The van der Waals surface area contributed by atoms with Crippen LogP contribution in [-0.2, 0) is 13.0 Å². The Morgan fingerprint density at radius 2 is 1.74 bits per heavy atom. The minimum Gasteiger partial charge on any atom is -0.447 e. The number of carbonyl (C=O) groups excluding carboxylic acids is 1. The summed E-state index contributed by atoms with van der Waals surface area (Å²) in [4.78, 5) is 23.6. The highest BCUT2D eigenvalue weighted by molar-refractivity contribution is 5.92. The van der Waals surface area contributed by atoms with Crippen molar-refractivity contribution in [2.45, 2.75) is 45.8 Å². The highest BCUT2D eigenvalue weighted by atomic mass is 16.3. The molecule has 0 saturated carbocycles. The molecule has 1 aliphatic heterocycles. The van der Waals surface area contributed by atoms with Gasteiger partial charge in [-0.1, -0.05) is 44.2 Å². The average molecular weight is 429 g/mol. The first-order valence-electron chi connectivity index (χ1n) is 11.5. The van der Waals surface area contributed by atoms with E-state index in [2.05, 4.69) is 40.8 Å². The molecule has 170 valence electrons. The van der Waals surface area contributed by atoms with Crippen LogP contribution in [0.15, 0.2) is 41.0 Å². The highest BCUT2D eigenvalue weighted by Crippen LogP contribution is 2.12. The van der Waals surface area contributed by atoms with Crippen molar-refractivity contribution in [1.29, 1.82) is 0 Å². The van der Waals surface area contributed by atoms with E-state index in [4.69, 9.17) is 4.42 Å². The number of oxazole rings is 1. The smallest absolute Gasteiger partial charge is 0.275 e. The number of aliphatic hydroxyl groups excluding tert-OH is 1. The zero-order valence-electron chi connectivity index (χ0n) is 18.9. The molecule has 7 heteroatoms. The van der Waals surface area contributed by atoms with Crippen LogP contribution in [0.3, 0.4) is 0 Å². The minimum absolute atomic E-state index is 0.0454. The van der Waals surface area contributed by atoms with Crippen molar-refractivity contribution >= 4 is 5.91 Å². The molecule has 1 unspecified atom stereocenters. The van der Waals surface area contributed by atoms with Crippen LogP contribution in [0.25, 0.3) is 0 Å². The molecule has 0 spiro atoms. The first-order valence-corrected chi connectivity index (χ1v) is 11.5. The summed E-state index contributed by atoms with van der Waals surface area (Å²) in [7, 11) is 0. The third-order valence-corrected chi connectivity index (χ3v) is 5.65. The standard InChI is InChI=1S/C24H36N4O3/c1-3-10-28(11-4-2)24(30)22-19-31-23(25-22)18-27-14-12-26(13-15-27)17-21(29)16-20-8-6-5-7-9-20/h5-9,19,21,29H,3-4,10-18H2,1-2H3. The van der Waals surface area contributed by atoms with Crippen LogP contribution in [0.4, 0.5) is 0 Å². The van der Waals surface area contributed by atoms with Gasteiger partial charge in [-0.2, -0.15) is 0 Å². The first kappa shape index (κ1) is 23.4. The number of carbonyl (C=O) groups is 1. The maximum absolute atomic E-state index is 12.7.